The molecule has 0 spiro atoms. The van der Waals surface area contributed by atoms with E-state index >= 15 is 0 Å². The number of nitrogens with one attached hydrogen (secondary N) is 1. The summed E-state index contributed by atoms with van der Waals surface area (Å²) in [5, 5.41) is 0. The summed E-state index contributed by atoms with van der Waals surface area (Å²) in [6.07, 6.45) is 4.78. The van der Waals surface area contributed by atoms with E-state index in [1.165, 1.54) is 12.8 Å². The Balaban J connectivity index is 2.13. The molecule has 0 bridgehead atoms. The van der Waals surface area contributed by atoms with Gasteiger partial charge in [-0.1, -0.05) is 34.6 Å². The lowest BCUT2D eigenvalue weighted by Gasteiger charge is -2.34. The molecule has 1 heterocycles. The lowest BCUT2D eigenvalue weighted by Crippen LogP contribution is -2.29. The normalized spacial score (nSPS) is 19.3. The standard InChI is InChI=1S/C16H28N4O/c1-15(2,3)14-18-12(20-17)10-13(19-14)21-11-6-8-16(4,5)9-7-11/h10-11H,6-9,17H2,1-5H3,(H,18,19,20). The molecule has 0 radical (unpaired) electrons. The van der Waals surface area contributed by atoms with E-state index in [9.17, 15) is 0 Å². The third kappa shape index (κ3) is 4.30. The third-order valence-corrected chi connectivity index (χ3v) is 4.09. The number of hydrogen-bond donors (Lipinski definition) is 2. The van der Waals surface area contributed by atoms with Gasteiger partial charge in [0.15, 0.2) is 0 Å². The maximum absolute atomic E-state index is 6.08. The first-order valence-corrected chi connectivity index (χ1v) is 7.72. The second-order valence-corrected chi connectivity index (χ2v) is 7.79. The van der Waals surface area contributed by atoms with Gasteiger partial charge in [0.25, 0.3) is 0 Å². The van der Waals surface area contributed by atoms with Gasteiger partial charge in [-0.05, 0) is 31.1 Å². The summed E-state index contributed by atoms with van der Waals surface area (Å²) in [5.74, 6) is 7.46. The maximum Gasteiger partial charge on any atom is 0.219 e. The van der Waals surface area contributed by atoms with E-state index in [4.69, 9.17) is 10.6 Å². The van der Waals surface area contributed by atoms with E-state index in [1.54, 1.807) is 6.07 Å². The number of aromatic nitrogens is 2. The molecule has 5 nitrogen and oxygen atoms in total. The monoisotopic (exact) mass is 292 g/mol. The van der Waals surface area contributed by atoms with Gasteiger partial charge in [0.2, 0.25) is 5.88 Å². The highest BCUT2D eigenvalue weighted by molar-refractivity contribution is 5.38. The molecule has 5 heteroatoms. The molecule has 21 heavy (non-hydrogen) atoms. The average Bonchev–Trinajstić information content (AvgIpc) is 2.40. The molecule has 0 amide bonds. The first-order valence-electron chi connectivity index (χ1n) is 7.72. The van der Waals surface area contributed by atoms with Crippen LogP contribution in [0.2, 0.25) is 0 Å². The smallest absolute Gasteiger partial charge is 0.219 e. The minimum Gasteiger partial charge on any atom is -0.474 e. The molecule has 0 saturated heterocycles. The van der Waals surface area contributed by atoms with Crippen molar-refractivity contribution in [3.05, 3.63) is 11.9 Å². The highest BCUT2D eigenvalue weighted by Crippen LogP contribution is 2.36. The number of hydrazine groups is 1. The number of ether oxygens (including phenoxy) is 1. The quantitative estimate of drug-likeness (QED) is 0.660. The number of nitrogen functional groups attached to an aromatic ring is 1. The lowest BCUT2D eigenvalue weighted by atomic mass is 9.76. The minimum absolute atomic E-state index is 0.139. The molecule has 2 rings (SSSR count). The Hall–Kier alpha value is -1.36. The topological polar surface area (TPSA) is 73.1 Å². The van der Waals surface area contributed by atoms with Crippen LogP contribution in [0.1, 0.15) is 66.1 Å². The Labute approximate surface area is 127 Å². The van der Waals surface area contributed by atoms with Crippen molar-refractivity contribution in [3.8, 4) is 5.88 Å². The SMILES string of the molecule is CC1(C)CCC(Oc2cc(NN)nc(C(C)(C)C)n2)CC1. The molecule has 1 saturated carbocycles. The molecule has 0 unspecified atom stereocenters. The zero-order valence-electron chi connectivity index (χ0n) is 13.9. The van der Waals surface area contributed by atoms with Crippen LogP contribution in [0.5, 0.6) is 5.88 Å². The molecule has 1 aromatic heterocycles. The van der Waals surface area contributed by atoms with Crippen molar-refractivity contribution in [2.45, 2.75) is 71.8 Å². The number of hydrogen-bond acceptors (Lipinski definition) is 5. The van der Waals surface area contributed by atoms with Crippen LogP contribution < -0.4 is 16.0 Å². The van der Waals surface area contributed by atoms with E-state index in [-0.39, 0.29) is 11.5 Å². The molecule has 118 valence electrons. The van der Waals surface area contributed by atoms with Crippen LogP contribution in [0.25, 0.3) is 0 Å². The number of nitrogens with zero attached hydrogens (tertiary/aromatic N) is 2. The van der Waals surface area contributed by atoms with E-state index in [2.05, 4.69) is 50.0 Å². The van der Waals surface area contributed by atoms with Crippen LogP contribution in [0, 0.1) is 5.41 Å². The molecular formula is C16H28N4O. The van der Waals surface area contributed by atoms with Crippen molar-refractivity contribution in [2.75, 3.05) is 5.43 Å². The molecule has 0 aliphatic heterocycles. The summed E-state index contributed by atoms with van der Waals surface area (Å²) in [6, 6.07) is 1.77. The van der Waals surface area contributed by atoms with Gasteiger partial charge in [0.05, 0.1) is 0 Å². The van der Waals surface area contributed by atoms with Crippen molar-refractivity contribution < 1.29 is 4.74 Å². The largest absolute Gasteiger partial charge is 0.474 e. The van der Waals surface area contributed by atoms with Crippen LogP contribution in [0.15, 0.2) is 6.07 Å². The summed E-state index contributed by atoms with van der Waals surface area (Å²) in [7, 11) is 0. The fourth-order valence-electron chi connectivity index (χ4n) is 2.56. The summed E-state index contributed by atoms with van der Waals surface area (Å²) in [5.41, 5.74) is 2.90. The first kappa shape index (κ1) is 16.0. The Morgan fingerprint density at radius 2 is 1.86 bits per heavy atom. The highest BCUT2D eigenvalue weighted by atomic mass is 16.5. The molecular weight excluding hydrogens is 264 g/mol. The first-order chi connectivity index (χ1) is 9.69. The zero-order valence-corrected chi connectivity index (χ0v) is 13.9. The minimum atomic E-state index is -0.139. The van der Waals surface area contributed by atoms with Crippen LogP contribution in [-0.2, 0) is 5.41 Å². The van der Waals surface area contributed by atoms with Gasteiger partial charge in [-0.3, -0.25) is 0 Å². The molecule has 3 N–H and O–H groups in total. The van der Waals surface area contributed by atoms with E-state index in [0.717, 1.165) is 18.7 Å². The lowest BCUT2D eigenvalue weighted by molar-refractivity contribution is 0.0944. The van der Waals surface area contributed by atoms with E-state index < -0.39 is 0 Å². The van der Waals surface area contributed by atoms with Gasteiger partial charge >= 0.3 is 0 Å². The van der Waals surface area contributed by atoms with Gasteiger partial charge in [0, 0.05) is 11.5 Å². The maximum atomic E-state index is 6.08. The fourth-order valence-corrected chi connectivity index (χ4v) is 2.56. The second kappa shape index (κ2) is 5.79. The summed E-state index contributed by atoms with van der Waals surface area (Å²) < 4.78 is 6.08. The Kier molecular flexibility index (Phi) is 4.42. The predicted molar refractivity (Wildman–Crippen MR) is 85.2 cm³/mol. The molecule has 0 aromatic carbocycles. The molecule has 0 atom stereocenters. The van der Waals surface area contributed by atoms with E-state index in [0.29, 0.717) is 17.1 Å². The van der Waals surface area contributed by atoms with Crippen LogP contribution >= 0.6 is 0 Å². The highest BCUT2D eigenvalue weighted by Gasteiger charge is 2.28. The zero-order chi connectivity index (χ0) is 15.7. The van der Waals surface area contributed by atoms with Crippen LogP contribution in [0.4, 0.5) is 5.82 Å². The van der Waals surface area contributed by atoms with Crippen LogP contribution in [0.3, 0.4) is 0 Å². The van der Waals surface area contributed by atoms with Crippen molar-refractivity contribution in [1.29, 1.82) is 0 Å². The number of nitrogens with two attached hydrogens (primary N) is 1. The summed E-state index contributed by atoms with van der Waals surface area (Å²) >= 11 is 0. The molecule has 1 fully saturated rings. The van der Waals surface area contributed by atoms with E-state index in [1.807, 2.05) is 0 Å². The fraction of sp³-hybridized carbons (Fsp3) is 0.750. The molecule has 1 aliphatic carbocycles. The van der Waals surface area contributed by atoms with Crippen molar-refractivity contribution in [1.82, 2.24) is 9.97 Å². The molecule has 1 aliphatic rings. The molecule has 1 aromatic rings. The predicted octanol–water partition coefficient (Wildman–Crippen LogP) is 3.41. The van der Waals surface area contributed by atoms with Crippen molar-refractivity contribution in [2.24, 2.45) is 11.3 Å². The number of rotatable bonds is 3. The van der Waals surface area contributed by atoms with Gasteiger partial charge in [-0.15, -0.1) is 0 Å². The summed E-state index contributed by atoms with van der Waals surface area (Å²) in [6.45, 7) is 10.9. The van der Waals surface area contributed by atoms with Gasteiger partial charge < -0.3 is 10.2 Å². The Morgan fingerprint density at radius 3 is 2.38 bits per heavy atom. The van der Waals surface area contributed by atoms with Crippen molar-refractivity contribution in [3.63, 3.8) is 0 Å². The van der Waals surface area contributed by atoms with Gasteiger partial charge in [0.1, 0.15) is 17.7 Å². The van der Waals surface area contributed by atoms with Gasteiger partial charge in [-0.25, -0.2) is 10.8 Å². The van der Waals surface area contributed by atoms with Gasteiger partial charge in [-0.2, -0.15) is 4.98 Å². The number of anilines is 1. The summed E-state index contributed by atoms with van der Waals surface area (Å²) in [4.78, 5) is 8.97. The Morgan fingerprint density at radius 1 is 1.24 bits per heavy atom. The third-order valence-electron chi connectivity index (χ3n) is 4.09. The second-order valence-electron chi connectivity index (χ2n) is 7.79. The van der Waals surface area contributed by atoms with Crippen LogP contribution in [-0.4, -0.2) is 16.1 Å². The average molecular weight is 292 g/mol. The Bertz CT molecular complexity index is 484. The van der Waals surface area contributed by atoms with Crippen molar-refractivity contribution >= 4 is 5.82 Å².